The molecule has 0 atom stereocenters. The van der Waals surface area contributed by atoms with Crippen LogP contribution in [0.2, 0.25) is 0 Å². The SMILES string of the molecule is CCCCCN(C)C(=O)c1ccc(Br)cn1. The van der Waals surface area contributed by atoms with E-state index in [0.29, 0.717) is 5.69 Å². The van der Waals surface area contributed by atoms with Crippen molar-refractivity contribution in [3.63, 3.8) is 0 Å². The molecule has 0 bridgehead atoms. The fourth-order valence-corrected chi connectivity index (χ4v) is 1.63. The summed E-state index contributed by atoms with van der Waals surface area (Å²) in [4.78, 5) is 17.7. The molecule has 88 valence electrons. The lowest BCUT2D eigenvalue weighted by atomic mass is 10.2. The van der Waals surface area contributed by atoms with Crippen LogP contribution in [0, 0.1) is 0 Å². The van der Waals surface area contributed by atoms with Gasteiger partial charge in [-0.05, 0) is 34.5 Å². The lowest BCUT2D eigenvalue weighted by molar-refractivity contribution is 0.0787. The summed E-state index contributed by atoms with van der Waals surface area (Å²) < 4.78 is 0.887. The first-order chi connectivity index (χ1) is 7.65. The van der Waals surface area contributed by atoms with E-state index >= 15 is 0 Å². The Balaban J connectivity index is 2.53. The molecular formula is C12H17BrN2O. The zero-order valence-corrected chi connectivity index (χ0v) is 11.3. The molecule has 0 fully saturated rings. The van der Waals surface area contributed by atoms with Crippen molar-refractivity contribution in [1.82, 2.24) is 9.88 Å². The van der Waals surface area contributed by atoms with Gasteiger partial charge in [0.05, 0.1) is 0 Å². The summed E-state index contributed by atoms with van der Waals surface area (Å²) >= 11 is 3.30. The van der Waals surface area contributed by atoms with Crippen molar-refractivity contribution in [2.24, 2.45) is 0 Å². The Bertz CT molecular complexity index is 337. The fraction of sp³-hybridized carbons (Fsp3) is 0.500. The minimum Gasteiger partial charge on any atom is -0.340 e. The Morgan fingerprint density at radius 3 is 2.75 bits per heavy atom. The summed E-state index contributed by atoms with van der Waals surface area (Å²) in [6, 6.07) is 3.57. The second-order valence-electron chi connectivity index (χ2n) is 3.80. The number of nitrogens with zero attached hydrogens (tertiary/aromatic N) is 2. The molecule has 1 aromatic heterocycles. The molecule has 0 N–H and O–H groups in total. The van der Waals surface area contributed by atoms with Gasteiger partial charge in [0.25, 0.3) is 5.91 Å². The van der Waals surface area contributed by atoms with Gasteiger partial charge >= 0.3 is 0 Å². The predicted molar refractivity (Wildman–Crippen MR) is 68.4 cm³/mol. The van der Waals surface area contributed by atoms with Crippen molar-refractivity contribution >= 4 is 21.8 Å². The fourth-order valence-electron chi connectivity index (χ4n) is 1.40. The van der Waals surface area contributed by atoms with Crippen LogP contribution < -0.4 is 0 Å². The van der Waals surface area contributed by atoms with Crippen LogP contribution in [-0.4, -0.2) is 29.4 Å². The first kappa shape index (κ1) is 13.2. The van der Waals surface area contributed by atoms with Gasteiger partial charge in [-0.15, -0.1) is 0 Å². The van der Waals surface area contributed by atoms with Crippen LogP contribution in [0.25, 0.3) is 0 Å². The number of pyridine rings is 1. The third kappa shape index (κ3) is 3.93. The summed E-state index contributed by atoms with van der Waals surface area (Å²) in [5, 5.41) is 0. The number of rotatable bonds is 5. The first-order valence-corrected chi connectivity index (χ1v) is 6.31. The highest BCUT2D eigenvalue weighted by atomic mass is 79.9. The second kappa shape index (κ2) is 6.63. The Morgan fingerprint density at radius 2 is 2.19 bits per heavy atom. The van der Waals surface area contributed by atoms with Gasteiger partial charge in [0.1, 0.15) is 5.69 Å². The molecule has 0 aromatic carbocycles. The van der Waals surface area contributed by atoms with Crippen LogP contribution in [0.15, 0.2) is 22.8 Å². The van der Waals surface area contributed by atoms with Gasteiger partial charge < -0.3 is 4.90 Å². The maximum atomic E-state index is 11.9. The van der Waals surface area contributed by atoms with E-state index in [-0.39, 0.29) is 5.91 Å². The molecule has 0 aliphatic heterocycles. The molecule has 0 saturated heterocycles. The zero-order chi connectivity index (χ0) is 12.0. The van der Waals surface area contributed by atoms with Crippen molar-refractivity contribution < 1.29 is 4.79 Å². The third-order valence-corrected chi connectivity index (χ3v) is 2.86. The summed E-state index contributed by atoms with van der Waals surface area (Å²) in [6.45, 7) is 2.95. The number of halogens is 1. The number of unbranched alkanes of at least 4 members (excludes halogenated alkanes) is 2. The highest BCUT2D eigenvalue weighted by Crippen LogP contribution is 2.09. The lowest BCUT2D eigenvalue weighted by Crippen LogP contribution is -2.28. The normalized spacial score (nSPS) is 10.2. The number of hydrogen-bond donors (Lipinski definition) is 0. The van der Waals surface area contributed by atoms with Crippen LogP contribution in [0.1, 0.15) is 36.7 Å². The monoisotopic (exact) mass is 284 g/mol. The molecule has 4 heteroatoms. The van der Waals surface area contributed by atoms with E-state index in [4.69, 9.17) is 0 Å². The minimum absolute atomic E-state index is 0.0106. The van der Waals surface area contributed by atoms with E-state index < -0.39 is 0 Å². The lowest BCUT2D eigenvalue weighted by Gasteiger charge is -2.16. The van der Waals surface area contributed by atoms with E-state index in [2.05, 4.69) is 27.8 Å². The predicted octanol–water partition coefficient (Wildman–Crippen LogP) is 3.11. The molecule has 0 aliphatic carbocycles. The summed E-state index contributed by atoms with van der Waals surface area (Å²) in [5.74, 6) is -0.0106. The molecule has 1 amide bonds. The largest absolute Gasteiger partial charge is 0.340 e. The first-order valence-electron chi connectivity index (χ1n) is 5.52. The molecular weight excluding hydrogens is 268 g/mol. The van der Waals surface area contributed by atoms with Gasteiger partial charge in [-0.3, -0.25) is 4.79 Å². The molecule has 0 radical (unpaired) electrons. The summed E-state index contributed by atoms with van der Waals surface area (Å²) in [7, 11) is 1.82. The summed E-state index contributed by atoms with van der Waals surface area (Å²) in [6.07, 6.45) is 5.02. The second-order valence-corrected chi connectivity index (χ2v) is 4.71. The molecule has 1 aromatic rings. The topological polar surface area (TPSA) is 33.2 Å². The number of hydrogen-bond acceptors (Lipinski definition) is 2. The average Bonchev–Trinajstić information content (AvgIpc) is 2.29. The Morgan fingerprint density at radius 1 is 1.44 bits per heavy atom. The Labute approximate surface area is 105 Å². The number of carbonyl (C=O) groups excluding carboxylic acids is 1. The zero-order valence-electron chi connectivity index (χ0n) is 9.74. The van der Waals surface area contributed by atoms with Crippen LogP contribution in [0.4, 0.5) is 0 Å². The molecule has 0 spiro atoms. The molecule has 0 unspecified atom stereocenters. The Kier molecular flexibility index (Phi) is 5.46. The van der Waals surface area contributed by atoms with Crippen LogP contribution in [0.3, 0.4) is 0 Å². The van der Waals surface area contributed by atoms with Gasteiger partial charge in [0, 0.05) is 24.3 Å². The van der Waals surface area contributed by atoms with Gasteiger partial charge in [-0.25, -0.2) is 4.98 Å². The minimum atomic E-state index is -0.0106. The van der Waals surface area contributed by atoms with E-state index in [1.54, 1.807) is 17.2 Å². The number of amides is 1. The van der Waals surface area contributed by atoms with E-state index in [1.165, 1.54) is 6.42 Å². The van der Waals surface area contributed by atoms with Crippen LogP contribution in [0.5, 0.6) is 0 Å². The Hall–Kier alpha value is -0.900. The number of carbonyl (C=O) groups is 1. The molecule has 1 heterocycles. The average molecular weight is 285 g/mol. The number of aromatic nitrogens is 1. The van der Waals surface area contributed by atoms with Crippen LogP contribution in [-0.2, 0) is 0 Å². The van der Waals surface area contributed by atoms with E-state index in [9.17, 15) is 4.79 Å². The standard InChI is InChI=1S/C12H17BrN2O/c1-3-4-5-8-15(2)12(16)11-7-6-10(13)9-14-11/h6-7,9H,3-5,8H2,1-2H3. The van der Waals surface area contributed by atoms with E-state index in [0.717, 1.165) is 23.9 Å². The van der Waals surface area contributed by atoms with Crippen molar-refractivity contribution in [1.29, 1.82) is 0 Å². The smallest absolute Gasteiger partial charge is 0.272 e. The molecule has 0 saturated carbocycles. The van der Waals surface area contributed by atoms with Crippen molar-refractivity contribution in [3.05, 3.63) is 28.5 Å². The summed E-state index contributed by atoms with van der Waals surface area (Å²) in [5.41, 5.74) is 0.502. The van der Waals surface area contributed by atoms with Crippen molar-refractivity contribution in [2.45, 2.75) is 26.2 Å². The van der Waals surface area contributed by atoms with Gasteiger partial charge in [0.2, 0.25) is 0 Å². The van der Waals surface area contributed by atoms with Gasteiger partial charge in [-0.2, -0.15) is 0 Å². The highest BCUT2D eigenvalue weighted by molar-refractivity contribution is 9.10. The molecule has 3 nitrogen and oxygen atoms in total. The van der Waals surface area contributed by atoms with Crippen LogP contribution >= 0.6 is 15.9 Å². The van der Waals surface area contributed by atoms with Crippen molar-refractivity contribution in [3.8, 4) is 0 Å². The molecule has 16 heavy (non-hydrogen) atoms. The highest BCUT2D eigenvalue weighted by Gasteiger charge is 2.11. The van der Waals surface area contributed by atoms with Gasteiger partial charge in [0.15, 0.2) is 0 Å². The van der Waals surface area contributed by atoms with E-state index in [1.807, 2.05) is 13.1 Å². The molecule has 1 rings (SSSR count). The maximum absolute atomic E-state index is 11.9. The maximum Gasteiger partial charge on any atom is 0.272 e. The quantitative estimate of drug-likeness (QED) is 0.779. The third-order valence-electron chi connectivity index (χ3n) is 2.39. The molecule has 0 aliphatic rings. The van der Waals surface area contributed by atoms with Gasteiger partial charge in [-0.1, -0.05) is 19.8 Å². The van der Waals surface area contributed by atoms with Crippen molar-refractivity contribution in [2.75, 3.05) is 13.6 Å².